The van der Waals surface area contributed by atoms with Gasteiger partial charge in [-0.2, -0.15) is 4.31 Å². The minimum absolute atomic E-state index is 0.297. The molecule has 0 aromatic heterocycles. The number of piperidine rings is 1. The van der Waals surface area contributed by atoms with Crippen LogP contribution in [0.2, 0.25) is 0 Å². The monoisotopic (exact) mass is 346 g/mol. The fraction of sp³-hybridized carbons (Fsp3) is 0.538. The lowest BCUT2D eigenvalue weighted by Crippen LogP contribution is -2.47. The van der Waals surface area contributed by atoms with E-state index in [9.17, 15) is 8.42 Å². The predicted molar refractivity (Wildman–Crippen MR) is 79.6 cm³/mol. The standard InChI is InChI=1S/C13H19BrN2O2S/c1-15(2)11-6-5-9-16(10-11)19(17,18)13-8-4-3-7-12(13)14/h3-4,7-8,11H,5-6,9-10H2,1-2H3/t11-/m1/s1. The molecule has 1 heterocycles. The summed E-state index contributed by atoms with van der Waals surface area (Å²) in [6, 6.07) is 7.29. The number of likely N-dealkylation sites (N-methyl/N-ethyl adjacent to an activating group) is 1. The fourth-order valence-electron chi connectivity index (χ4n) is 2.35. The van der Waals surface area contributed by atoms with Crippen LogP contribution in [0.3, 0.4) is 0 Å². The summed E-state index contributed by atoms with van der Waals surface area (Å²) in [5.41, 5.74) is 0. The van der Waals surface area contributed by atoms with Gasteiger partial charge < -0.3 is 4.90 Å². The number of rotatable bonds is 3. The van der Waals surface area contributed by atoms with Crippen LogP contribution in [0.25, 0.3) is 0 Å². The zero-order chi connectivity index (χ0) is 14.0. The Kier molecular flexibility index (Phi) is 4.66. The van der Waals surface area contributed by atoms with E-state index in [1.54, 1.807) is 22.5 Å². The molecule has 1 saturated heterocycles. The largest absolute Gasteiger partial charge is 0.305 e. The van der Waals surface area contributed by atoms with Gasteiger partial charge in [0, 0.05) is 23.6 Å². The topological polar surface area (TPSA) is 40.6 Å². The van der Waals surface area contributed by atoms with Gasteiger partial charge in [-0.25, -0.2) is 8.42 Å². The Labute approximate surface area is 123 Å². The molecule has 19 heavy (non-hydrogen) atoms. The Morgan fingerprint density at radius 3 is 2.63 bits per heavy atom. The summed E-state index contributed by atoms with van der Waals surface area (Å²) in [5.74, 6) is 0. The Bertz CT molecular complexity index is 545. The van der Waals surface area contributed by atoms with E-state index >= 15 is 0 Å². The Balaban J connectivity index is 2.28. The van der Waals surface area contributed by atoms with Gasteiger partial charge in [-0.1, -0.05) is 12.1 Å². The van der Waals surface area contributed by atoms with Crippen LogP contribution in [0.5, 0.6) is 0 Å². The minimum Gasteiger partial charge on any atom is -0.305 e. The van der Waals surface area contributed by atoms with E-state index in [1.165, 1.54) is 0 Å². The maximum Gasteiger partial charge on any atom is 0.244 e. The summed E-state index contributed by atoms with van der Waals surface area (Å²) in [7, 11) is 0.599. The van der Waals surface area contributed by atoms with Crippen LogP contribution in [0.1, 0.15) is 12.8 Å². The third-order valence-electron chi connectivity index (χ3n) is 3.54. The van der Waals surface area contributed by atoms with Crippen molar-refractivity contribution in [3.05, 3.63) is 28.7 Å². The van der Waals surface area contributed by atoms with Crippen molar-refractivity contribution in [2.24, 2.45) is 0 Å². The first kappa shape index (κ1) is 15.0. The van der Waals surface area contributed by atoms with E-state index in [2.05, 4.69) is 20.8 Å². The van der Waals surface area contributed by atoms with Crippen molar-refractivity contribution >= 4 is 26.0 Å². The molecule has 1 aromatic carbocycles. The number of halogens is 1. The highest BCUT2D eigenvalue weighted by molar-refractivity contribution is 9.10. The summed E-state index contributed by atoms with van der Waals surface area (Å²) in [4.78, 5) is 2.45. The molecule has 1 aromatic rings. The lowest BCUT2D eigenvalue weighted by Gasteiger charge is -2.35. The normalized spacial score (nSPS) is 21.8. The van der Waals surface area contributed by atoms with E-state index in [0.29, 0.717) is 28.5 Å². The molecule has 0 saturated carbocycles. The number of hydrogen-bond donors (Lipinski definition) is 0. The first-order valence-corrected chi connectivity index (χ1v) is 8.57. The van der Waals surface area contributed by atoms with Crippen LogP contribution in [0.4, 0.5) is 0 Å². The molecule has 0 radical (unpaired) electrons. The van der Waals surface area contributed by atoms with Crippen molar-refractivity contribution in [1.82, 2.24) is 9.21 Å². The van der Waals surface area contributed by atoms with Gasteiger partial charge in [-0.3, -0.25) is 0 Å². The molecular weight excluding hydrogens is 328 g/mol. The van der Waals surface area contributed by atoms with Gasteiger partial charge in [0.1, 0.15) is 0 Å². The molecule has 0 spiro atoms. The number of hydrogen-bond acceptors (Lipinski definition) is 3. The smallest absolute Gasteiger partial charge is 0.244 e. The van der Waals surface area contributed by atoms with Crippen LogP contribution in [0.15, 0.2) is 33.6 Å². The molecule has 6 heteroatoms. The molecule has 2 rings (SSSR count). The second-order valence-corrected chi connectivity index (χ2v) is 7.81. The van der Waals surface area contributed by atoms with Crippen molar-refractivity contribution in [3.8, 4) is 0 Å². The third kappa shape index (κ3) is 3.18. The average molecular weight is 347 g/mol. The molecular formula is C13H19BrN2O2S. The van der Waals surface area contributed by atoms with Crippen LogP contribution >= 0.6 is 15.9 Å². The molecule has 1 aliphatic heterocycles. The molecule has 1 fully saturated rings. The highest BCUT2D eigenvalue weighted by Crippen LogP contribution is 2.27. The molecule has 1 atom stereocenters. The first-order chi connectivity index (χ1) is 8.93. The van der Waals surface area contributed by atoms with Gasteiger partial charge in [-0.15, -0.1) is 0 Å². The molecule has 1 aliphatic rings. The minimum atomic E-state index is -3.40. The second-order valence-electron chi connectivity index (χ2n) is 5.05. The van der Waals surface area contributed by atoms with Gasteiger partial charge in [0.25, 0.3) is 0 Å². The van der Waals surface area contributed by atoms with Gasteiger partial charge in [-0.05, 0) is 55.0 Å². The zero-order valence-corrected chi connectivity index (χ0v) is 13.6. The zero-order valence-electron chi connectivity index (χ0n) is 11.2. The van der Waals surface area contributed by atoms with Gasteiger partial charge in [0.2, 0.25) is 10.0 Å². The fourth-order valence-corrected chi connectivity index (χ4v) is 4.83. The van der Waals surface area contributed by atoms with E-state index in [4.69, 9.17) is 0 Å². The van der Waals surface area contributed by atoms with Crippen molar-refractivity contribution in [3.63, 3.8) is 0 Å². The summed E-state index contributed by atoms with van der Waals surface area (Å²) >= 11 is 3.33. The predicted octanol–water partition coefficient (Wildman–Crippen LogP) is 2.16. The van der Waals surface area contributed by atoms with Crippen LogP contribution < -0.4 is 0 Å². The maximum absolute atomic E-state index is 12.7. The quantitative estimate of drug-likeness (QED) is 0.841. The summed E-state index contributed by atoms with van der Waals surface area (Å²) in [6.07, 6.45) is 1.96. The van der Waals surface area contributed by atoms with Gasteiger partial charge in [0.15, 0.2) is 0 Å². The number of nitrogens with zero attached hydrogens (tertiary/aromatic N) is 2. The van der Waals surface area contributed by atoms with Crippen LogP contribution in [-0.4, -0.2) is 50.8 Å². The molecule has 0 bridgehead atoms. The van der Waals surface area contributed by atoms with Crippen LogP contribution in [0, 0.1) is 0 Å². The SMILES string of the molecule is CN(C)[C@@H]1CCCN(S(=O)(=O)c2ccccc2Br)C1. The summed E-state index contributed by atoms with van der Waals surface area (Å²) in [5, 5.41) is 0. The summed E-state index contributed by atoms with van der Waals surface area (Å²) in [6.45, 7) is 1.17. The number of sulfonamides is 1. The third-order valence-corrected chi connectivity index (χ3v) is 6.42. The molecule has 106 valence electrons. The first-order valence-electron chi connectivity index (χ1n) is 6.34. The molecule has 0 amide bonds. The Hall–Kier alpha value is -0.430. The van der Waals surface area contributed by atoms with Crippen LogP contribution in [-0.2, 0) is 10.0 Å². The lowest BCUT2D eigenvalue weighted by molar-refractivity contribution is 0.190. The Morgan fingerprint density at radius 2 is 2.00 bits per heavy atom. The molecule has 0 aliphatic carbocycles. The van der Waals surface area contributed by atoms with Gasteiger partial charge >= 0.3 is 0 Å². The van der Waals surface area contributed by atoms with E-state index in [0.717, 1.165) is 12.8 Å². The summed E-state index contributed by atoms with van der Waals surface area (Å²) < 4.78 is 27.5. The Morgan fingerprint density at radius 1 is 1.32 bits per heavy atom. The maximum atomic E-state index is 12.7. The van der Waals surface area contributed by atoms with E-state index < -0.39 is 10.0 Å². The van der Waals surface area contributed by atoms with Gasteiger partial charge in [0.05, 0.1) is 4.90 Å². The van der Waals surface area contributed by atoms with Crippen molar-refractivity contribution in [2.45, 2.75) is 23.8 Å². The van der Waals surface area contributed by atoms with E-state index in [-0.39, 0.29) is 0 Å². The van der Waals surface area contributed by atoms with Crippen molar-refractivity contribution < 1.29 is 8.42 Å². The van der Waals surface area contributed by atoms with Crippen molar-refractivity contribution in [2.75, 3.05) is 27.2 Å². The van der Waals surface area contributed by atoms with E-state index in [1.807, 2.05) is 20.2 Å². The number of benzene rings is 1. The molecule has 0 unspecified atom stereocenters. The molecule has 0 N–H and O–H groups in total. The average Bonchev–Trinajstić information content (AvgIpc) is 2.39. The van der Waals surface area contributed by atoms with Crippen molar-refractivity contribution in [1.29, 1.82) is 0 Å². The highest BCUT2D eigenvalue weighted by Gasteiger charge is 2.31. The second kappa shape index (κ2) is 5.91. The highest BCUT2D eigenvalue weighted by atomic mass is 79.9. The lowest BCUT2D eigenvalue weighted by atomic mass is 10.1. The molecule has 4 nitrogen and oxygen atoms in total.